The number of hydrogen-bond acceptors (Lipinski definition) is 3. The van der Waals surface area contributed by atoms with Crippen molar-refractivity contribution in [3.63, 3.8) is 0 Å². The molecule has 0 saturated heterocycles. The van der Waals surface area contributed by atoms with Crippen LogP contribution in [0.1, 0.15) is 40.4 Å². The van der Waals surface area contributed by atoms with E-state index < -0.39 is 0 Å². The summed E-state index contributed by atoms with van der Waals surface area (Å²) in [5, 5.41) is 0. The van der Waals surface area contributed by atoms with Crippen molar-refractivity contribution < 1.29 is 9.53 Å². The molecule has 0 heterocycles. The monoisotopic (exact) mass is 413 g/mol. The van der Waals surface area contributed by atoms with Crippen LogP contribution in [-0.2, 0) is 11.2 Å². The van der Waals surface area contributed by atoms with E-state index in [2.05, 4.69) is 61.5 Å². The van der Waals surface area contributed by atoms with E-state index in [0.717, 1.165) is 30.4 Å². The van der Waals surface area contributed by atoms with E-state index in [4.69, 9.17) is 4.74 Å². The molecule has 0 N–H and O–H groups in total. The zero-order chi connectivity index (χ0) is 21.8. The van der Waals surface area contributed by atoms with Gasteiger partial charge in [0.1, 0.15) is 6.29 Å². The maximum atomic E-state index is 11.1. The van der Waals surface area contributed by atoms with E-state index in [0.29, 0.717) is 11.5 Å². The van der Waals surface area contributed by atoms with Crippen LogP contribution < -0.4 is 0 Å². The molecule has 0 aromatic heterocycles. The highest BCUT2D eigenvalue weighted by Gasteiger charge is 2.29. The van der Waals surface area contributed by atoms with Crippen molar-refractivity contribution in [2.45, 2.75) is 25.4 Å². The van der Waals surface area contributed by atoms with Gasteiger partial charge >= 0.3 is 0 Å². The standard InChI is InChI=1S/C28H31NO2/c1-29(2)16-15-23-11-12-26-18-25(13-14-27(26)28(23)31-3)22-9-7-21(8-10-22)24-6-4-5-20(17-24)19-30/h4-10,13-14,17-19,23,28H,11-12,15-16H2,1-3H3. The van der Waals surface area contributed by atoms with Crippen molar-refractivity contribution in [1.29, 1.82) is 0 Å². The molecule has 0 aliphatic heterocycles. The highest BCUT2D eigenvalue weighted by molar-refractivity contribution is 5.79. The summed E-state index contributed by atoms with van der Waals surface area (Å²) >= 11 is 0. The lowest BCUT2D eigenvalue weighted by atomic mass is 9.78. The lowest BCUT2D eigenvalue weighted by molar-refractivity contribution is 0.0343. The Hall–Kier alpha value is -2.75. The largest absolute Gasteiger partial charge is 0.376 e. The third kappa shape index (κ3) is 4.79. The van der Waals surface area contributed by atoms with Gasteiger partial charge in [-0.15, -0.1) is 0 Å². The number of carbonyl (C=O) groups excluding carboxylic acids is 1. The van der Waals surface area contributed by atoms with Gasteiger partial charge in [-0.2, -0.15) is 0 Å². The number of carbonyl (C=O) groups is 1. The molecule has 2 atom stereocenters. The molecule has 0 saturated carbocycles. The molecule has 2 unspecified atom stereocenters. The number of nitrogens with zero attached hydrogens (tertiary/aromatic N) is 1. The summed E-state index contributed by atoms with van der Waals surface area (Å²) in [6, 6.07) is 23.2. The van der Waals surface area contributed by atoms with Crippen LogP contribution in [0.5, 0.6) is 0 Å². The number of rotatable bonds is 7. The van der Waals surface area contributed by atoms with Crippen LogP contribution in [0.3, 0.4) is 0 Å². The summed E-state index contributed by atoms with van der Waals surface area (Å²) in [6.07, 6.45) is 4.53. The van der Waals surface area contributed by atoms with Crippen LogP contribution in [0.2, 0.25) is 0 Å². The number of aryl methyl sites for hydroxylation is 1. The SMILES string of the molecule is COC1c2ccc(-c3ccc(-c4cccc(C=O)c4)cc3)cc2CCC1CCN(C)C. The molecular formula is C28H31NO2. The molecular weight excluding hydrogens is 382 g/mol. The third-order valence-electron chi connectivity index (χ3n) is 6.44. The number of aldehydes is 1. The van der Waals surface area contributed by atoms with E-state index >= 15 is 0 Å². The van der Waals surface area contributed by atoms with Crippen LogP contribution in [0.4, 0.5) is 0 Å². The first-order valence-corrected chi connectivity index (χ1v) is 11.1. The molecule has 3 heteroatoms. The number of methoxy groups -OCH3 is 1. The fraction of sp³-hybridized carbons (Fsp3) is 0.321. The Morgan fingerprint density at radius 1 is 0.935 bits per heavy atom. The minimum absolute atomic E-state index is 0.185. The Bertz CT molecular complexity index is 1040. The van der Waals surface area contributed by atoms with Crippen molar-refractivity contribution in [2.24, 2.45) is 5.92 Å². The van der Waals surface area contributed by atoms with E-state index in [1.807, 2.05) is 31.4 Å². The molecule has 0 fully saturated rings. The molecule has 3 aromatic rings. The minimum Gasteiger partial charge on any atom is -0.376 e. The smallest absolute Gasteiger partial charge is 0.150 e. The van der Waals surface area contributed by atoms with Crippen molar-refractivity contribution in [1.82, 2.24) is 4.90 Å². The average Bonchev–Trinajstić information content (AvgIpc) is 2.82. The van der Waals surface area contributed by atoms with Gasteiger partial charge in [-0.1, -0.05) is 60.7 Å². The maximum absolute atomic E-state index is 11.1. The fourth-order valence-electron chi connectivity index (χ4n) is 4.71. The Morgan fingerprint density at radius 3 is 2.26 bits per heavy atom. The van der Waals surface area contributed by atoms with Gasteiger partial charge in [0.2, 0.25) is 0 Å². The first-order valence-electron chi connectivity index (χ1n) is 11.1. The first kappa shape index (κ1) is 21.5. The second-order valence-corrected chi connectivity index (χ2v) is 8.78. The van der Waals surface area contributed by atoms with Crippen molar-refractivity contribution in [3.05, 3.63) is 83.4 Å². The quantitative estimate of drug-likeness (QED) is 0.443. The molecule has 3 aromatic carbocycles. The van der Waals surface area contributed by atoms with Gasteiger partial charge in [-0.05, 0) is 85.3 Å². The Morgan fingerprint density at radius 2 is 1.61 bits per heavy atom. The molecule has 0 bridgehead atoms. The molecule has 4 rings (SSSR count). The lowest BCUT2D eigenvalue weighted by Gasteiger charge is -2.33. The zero-order valence-electron chi connectivity index (χ0n) is 18.7. The Labute approximate surface area is 185 Å². The van der Waals surface area contributed by atoms with Gasteiger partial charge in [-0.25, -0.2) is 0 Å². The van der Waals surface area contributed by atoms with Crippen LogP contribution >= 0.6 is 0 Å². The molecule has 160 valence electrons. The van der Waals surface area contributed by atoms with Gasteiger partial charge in [0.15, 0.2) is 0 Å². The van der Waals surface area contributed by atoms with E-state index in [-0.39, 0.29) is 6.10 Å². The normalized spacial score (nSPS) is 18.1. The topological polar surface area (TPSA) is 29.5 Å². The van der Waals surface area contributed by atoms with E-state index in [1.165, 1.54) is 35.1 Å². The predicted octanol–water partition coefficient (Wildman–Crippen LogP) is 6.03. The number of benzene rings is 3. The second-order valence-electron chi connectivity index (χ2n) is 8.78. The summed E-state index contributed by atoms with van der Waals surface area (Å²) in [7, 11) is 6.11. The van der Waals surface area contributed by atoms with Crippen molar-refractivity contribution in [3.8, 4) is 22.3 Å². The molecule has 31 heavy (non-hydrogen) atoms. The molecule has 3 nitrogen and oxygen atoms in total. The van der Waals surface area contributed by atoms with Gasteiger partial charge in [-0.3, -0.25) is 4.79 Å². The second kappa shape index (κ2) is 9.59. The van der Waals surface area contributed by atoms with E-state index in [1.54, 1.807) is 0 Å². The summed E-state index contributed by atoms with van der Waals surface area (Å²) in [6.45, 7) is 1.10. The van der Waals surface area contributed by atoms with Gasteiger partial charge < -0.3 is 9.64 Å². The van der Waals surface area contributed by atoms with Crippen LogP contribution in [0.25, 0.3) is 22.3 Å². The fourth-order valence-corrected chi connectivity index (χ4v) is 4.71. The Balaban J connectivity index is 1.56. The summed E-state index contributed by atoms with van der Waals surface area (Å²) in [5.41, 5.74) is 8.10. The Kier molecular flexibility index (Phi) is 6.64. The van der Waals surface area contributed by atoms with Crippen molar-refractivity contribution >= 4 is 6.29 Å². The van der Waals surface area contributed by atoms with Gasteiger partial charge in [0.05, 0.1) is 6.10 Å². The van der Waals surface area contributed by atoms with Crippen LogP contribution in [0, 0.1) is 5.92 Å². The summed E-state index contributed by atoms with van der Waals surface area (Å²) < 4.78 is 5.95. The molecule has 0 amide bonds. The van der Waals surface area contributed by atoms with Crippen LogP contribution in [-0.4, -0.2) is 38.9 Å². The number of fused-ring (bicyclic) bond motifs is 1. The zero-order valence-corrected chi connectivity index (χ0v) is 18.7. The lowest BCUT2D eigenvalue weighted by Crippen LogP contribution is -2.26. The van der Waals surface area contributed by atoms with Crippen LogP contribution in [0.15, 0.2) is 66.7 Å². The molecule has 0 radical (unpaired) electrons. The highest BCUT2D eigenvalue weighted by Crippen LogP contribution is 2.40. The van der Waals surface area contributed by atoms with Crippen molar-refractivity contribution in [2.75, 3.05) is 27.7 Å². The predicted molar refractivity (Wildman–Crippen MR) is 127 cm³/mol. The number of ether oxygens (including phenoxy) is 1. The summed E-state index contributed by atoms with van der Waals surface area (Å²) in [4.78, 5) is 13.3. The summed E-state index contributed by atoms with van der Waals surface area (Å²) in [5.74, 6) is 0.576. The van der Waals surface area contributed by atoms with E-state index in [9.17, 15) is 4.79 Å². The van der Waals surface area contributed by atoms with Gasteiger partial charge in [0.25, 0.3) is 0 Å². The molecule has 1 aliphatic carbocycles. The average molecular weight is 414 g/mol. The molecule has 0 spiro atoms. The first-order chi connectivity index (χ1) is 15.1. The molecule has 1 aliphatic rings. The number of hydrogen-bond donors (Lipinski definition) is 0. The highest BCUT2D eigenvalue weighted by atomic mass is 16.5. The van der Waals surface area contributed by atoms with Gasteiger partial charge in [0, 0.05) is 12.7 Å². The minimum atomic E-state index is 0.185. The third-order valence-corrected chi connectivity index (χ3v) is 6.44. The maximum Gasteiger partial charge on any atom is 0.150 e.